The Bertz CT molecular complexity index is 365. The molecule has 0 spiro atoms. The Morgan fingerprint density at radius 3 is 3.00 bits per heavy atom. The van der Waals surface area contributed by atoms with E-state index >= 15 is 0 Å². The van der Waals surface area contributed by atoms with E-state index in [4.69, 9.17) is 10.5 Å². The number of nitrogens with zero attached hydrogens (tertiary/aromatic N) is 3. The van der Waals surface area contributed by atoms with E-state index in [1.54, 1.807) is 4.68 Å². The minimum absolute atomic E-state index is 0.0153. The van der Waals surface area contributed by atoms with Crippen molar-refractivity contribution >= 4 is 0 Å². The van der Waals surface area contributed by atoms with Gasteiger partial charge >= 0.3 is 0 Å². The first-order valence-electron chi connectivity index (χ1n) is 6.14. The van der Waals surface area contributed by atoms with Gasteiger partial charge in [0.1, 0.15) is 0 Å². The first kappa shape index (κ1) is 12.5. The number of hydrogen-bond acceptors (Lipinski definition) is 4. The fourth-order valence-electron chi connectivity index (χ4n) is 2.48. The summed E-state index contributed by atoms with van der Waals surface area (Å²) < 4.78 is 7.37. The number of nitrogens with two attached hydrogens (primary N) is 1. The van der Waals surface area contributed by atoms with Crippen LogP contribution in [0.2, 0.25) is 0 Å². The second kappa shape index (κ2) is 5.16. The largest absolute Gasteiger partial charge is 0.377 e. The number of ether oxygens (including phenoxy) is 1. The maximum Gasteiger partial charge on any atom is 0.0702 e. The SMILES string of the molecule is CC1OCCC1N(C)CC(N)c1cnn(C)c1. The summed E-state index contributed by atoms with van der Waals surface area (Å²) in [6.45, 7) is 3.83. The van der Waals surface area contributed by atoms with E-state index in [0.29, 0.717) is 12.1 Å². The van der Waals surface area contributed by atoms with Crippen LogP contribution in [0.3, 0.4) is 0 Å². The van der Waals surface area contributed by atoms with Gasteiger partial charge in [-0.1, -0.05) is 0 Å². The molecule has 1 aromatic heterocycles. The molecule has 5 nitrogen and oxygen atoms in total. The van der Waals surface area contributed by atoms with Gasteiger partial charge in [-0.15, -0.1) is 0 Å². The topological polar surface area (TPSA) is 56.3 Å². The maximum absolute atomic E-state index is 6.19. The predicted molar refractivity (Wildman–Crippen MR) is 66.6 cm³/mol. The molecule has 1 fully saturated rings. The summed E-state index contributed by atoms with van der Waals surface area (Å²) in [5, 5.41) is 4.15. The van der Waals surface area contributed by atoms with E-state index in [0.717, 1.165) is 25.1 Å². The quantitative estimate of drug-likeness (QED) is 0.831. The fourth-order valence-corrected chi connectivity index (χ4v) is 2.48. The average Bonchev–Trinajstić information content (AvgIpc) is 2.86. The zero-order valence-electron chi connectivity index (χ0n) is 10.8. The number of rotatable bonds is 4. The highest BCUT2D eigenvalue weighted by Gasteiger charge is 2.28. The van der Waals surface area contributed by atoms with Crippen LogP contribution in [-0.4, -0.2) is 47.0 Å². The van der Waals surface area contributed by atoms with Crippen LogP contribution in [-0.2, 0) is 11.8 Å². The van der Waals surface area contributed by atoms with E-state index in [2.05, 4.69) is 24.0 Å². The summed E-state index contributed by atoms with van der Waals surface area (Å²) in [4.78, 5) is 2.30. The van der Waals surface area contributed by atoms with E-state index in [-0.39, 0.29) is 6.04 Å². The van der Waals surface area contributed by atoms with Crippen molar-refractivity contribution in [2.24, 2.45) is 12.8 Å². The zero-order chi connectivity index (χ0) is 12.4. The van der Waals surface area contributed by atoms with Crippen molar-refractivity contribution in [3.05, 3.63) is 18.0 Å². The lowest BCUT2D eigenvalue weighted by molar-refractivity contribution is 0.0818. The highest BCUT2D eigenvalue weighted by molar-refractivity contribution is 5.10. The van der Waals surface area contributed by atoms with Crippen LogP contribution in [0.1, 0.15) is 24.9 Å². The molecule has 5 heteroatoms. The third kappa shape index (κ3) is 2.86. The van der Waals surface area contributed by atoms with Gasteiger partial charge in [0.15, 0.2) is 0 Å². The number of aromatic nitrogens is 2. The number of aryl methyl sites for hydroxylation is 1. The van der Waals surface area contributed by atoms with Gasteiger partial charge in [-0.2, -0.15) is 5.10 Å². The Morgan fingerprint density at radius 2 is 2.47 bits per heavy atom. The predicted octanol–water partition coefficient (Wildman–Crippen LogP) is 0.529. The van der Waals surface area contributed by atoms with Crippen LogP contribution < -0.4 is 5.73 Å². The van der Waals surface area contributed by atoms with Gasteiger partial charge in [0.25, 0.3) is 0 Å². The maximum atomic E-state index is 6.19. The molecular weight excluding hydrogens is 216 g/mol. The normalized spacial score (nSPS) is 26.6. The van der Waals surface area contributed by atoms with Gasteiger partial charge in [0.05, 0.1) is 12.3 Å². The van der Waals surface area contributed by atoms with Crippen molar-refractivity contribution in [3.63, 3.8) is 0 Å². The molecule has 96 valence electrons. The smallest absolute Gasteiger partial charge is 0.0702 e. The minimum Gasteiger partial charge on any atom is -0.377 e. The summed E-state index contributed by atoms with van der Waals surface area (Å²) in [6.07, 6.45) is 5.22. The molecule has 0 saturated carbocycles. The summed E-state index contributed by atoms with van der Waals surface area (Å²) in [7, 11) is 4.03. The summed E-state index contributed by atoms with van der Waals surface area (Å²) >= 11 is 0. The first-order valence-corrected chi connectivity index (χ1v) is 6.14. The lowest BCUT2D eigenvalue weighted by atomic mass is 10.1. The van der Waals surface area contributed by atoms with Gasteiger partial charge in [0.2, 0.25) is 0 Å². The zero-order valence-corrected chi connectivity index (χ0v) is 10.8. The highest BCUT2D eigenvalue weighted by atomic mass is 16.5. The molecule has 2 N–H and O–H groups in total. The molecule has 0 aromatic carbocycles. The van der Waals surface area contributed by atoms with Crippen molar-refractivity contribution < 1.29 is 4.74 Å². The average molecular weight is 238 g/mol. The Morgan fingerprint density at radius 1 is 1.71 bits per heavy atom. The van der Waals surface area contributed by atoms with Gasteiger partial charge in [0, 0.05) is 44.0 Å². The fraction of sp³-hybridized carbons (Fsp3) is 0.750. The molecule has 0 bridgehead atoms. The van der Waals surface area contributed by atoms with Crippen molar-refractivity contribution in [3.8, 4) is 0 Å². The third-order valence-electron chi connectivity index (χ3n) is 3.54. The molecule has 2 rings (SSSR count). The first-order chi connectivity index (χ1) is 8.08. The monoisotopic (exact) mass is 238 g/mol. The second-order valence-corrected chi connectivity index (χ2v) is 4.93. The highest BCUT2D eigenvalue weighted by Crippen LogP contribution is 2.20. The van der Waals surface area contributed by atoms with Crippen LogP contribution in [0.5, 0.6) is 0 Å². The number of hydrogen-bond donors (Lipinski definition) is 1. The molecule has 1 saturated heterocycles. The van der Waals surface area contributed by atoms with Crippen molar-refractivity contribution in [2.45, 2.75) is 31.5 Å². The molecule has 2 heterocycles. The standard InChI is InChI=1S/C12H22N4O/c1-9-12(4-5-17-9)15(2)8-11(13)10-6-14-16(3)7-10/h6-7,9,11-12H,4-5,8,13H2,1-3H3. The molecule has 1 aliphatic heterocycles. The van der Waals surface area contributed by atoms with Crippen molar-refractivity contribution in [1.82, 2.24) is 14.7 Å². The number of likely N-dealkylation sites (N-methyl/N-ethyl adjacent to an activating group) is 1. The van der Waals surface area contributed by atoms with Crippen LogP contribution in [0.15, 0.2) is 12.4 Å². The summed E-state index contributed by atoms with van der Waals surface area (Å²) in [5.41, 5.74) is 7.28. The lowest BCUT2D eigenvalue weighted by Crippen LogP contribution is -2.40. The minimum atomic E-state index is 0.0153. The molecule has 0 aliphatic carbocycles. The molecule has 0 radical (unpaired) electrons. The molecule has 3 unspecified atom stereocenters. The Balaban J connectivity index is 1.92. The van der Waals surface area contributed by atoms with E-state index in [1.807, 2.05) is 19.4 Å². The van der Waals surface area contributed by atoms with Crippen LogP contribution in [0.4, 0.5) is 0 Å². The molecule has 1 aromatic rings. The van der Waals surface area contributed by atoms with Gasteiger partial charge in [-0.3, -0.25) is 9.58 Å². The van der Waals surface area contributed by atoms with Crippen LogP contribution >= 0.6 is 0 Å². The van der Waals surface area contributed by atoms with Crippen molar-refractivity contribution in [2.75, 3.05) is 20.2 Å². The molecule has 3 atom stereocenters. The van der Waals surface area contributed by atoms with Crippen molar-refractivity contribution in [1.29, 1.82) is 0 Å². The second-order valence-electron chi connectivity index (χ2n) is 4.93. The Hall–Kier alpha value is -0.910. The van der Waals surface area contributed by atoms with Gasteiger partial charge < -0.3 is 10.5 Å². The van der Waals surface area contributed by atoms with Gasteiger partial charge in [-0.05, 0) is 20.4 Å². The molecule has 0 amide bonds. The van der Waals surface area contributed by atoms with Crippen LogP contribution in [0, 0.1) is 0 Å². The van der Waals surface area contributed by atoms with E-state index < -0.39 is 0 Å². The summed E-state index contributed by atoms with van der Waals surface area (Å²) in [6, 6.07) is 0.499. The Labute approximate surface area is 103 Å². The Kier molecular flexibility index (Phi) is 3.81. The molecular formula is C12H22N4O. The van der Waals surface area contributed by atoms with Crippen LogP contribution in [0.25, 0.3) is 0 Å². The molecule has 17 heavy (non-hydrogen) atoms. The summed E-state index contributed by atoms with van der Waals surface area (Å²) in [5.74, 6) is 0. The van der Waals surface area contributed by atoms with Gasteiger partial charge in [-0.25, -0.2) is 0 Å². The van der Waals surface area contributed by atoms with E-state index in [9.17, 15) is 0 Å². The third-order valence-corrected chi connectivity index (χ3v) is 3.54. The van der Waals surface area contributed by atoms with E-state index in [1.165, 1.54) is 0 Å². The molecule has 1 aliphatic rings. The lowest BCUT2D eigenvalue weighted by Gasteiger charge is -2.28.